The predicted octanol–water partition coefficient (Wildman–Crippen LogP) is 5.20. The number of hydrogen-bond donors (Lipinski definition) is 1. The highest BCUT2D eigenvalue weighted by atomic mass is 19.1. The van der Waals surface area contributed by atoms with Crippen LogP contribution in [0, 0.1) is 5.82 Å². The molecule has 4 aromatic rings. The molecule has 1 aliphatic carbocycles. The van der Waals surface area contributed by atoms with Gasteiger partial charge in [0, 0.05) is 79.4 Å². The van der Waals surface area contributed by atoms with E-state index < -0.39 is 6.10 Å². The number of anilines is 1. The second-order valence-corrected chi connectivity index (χ2v) is 9.94. The monoisotopic (exact) mass is 502 g/mol. The molecule has 6 rings (SSSR count). The number of methoxy groups -OCH3 is 1. The van der Waals surface area contributed by atoms with Gasteiger partial charge < -0.3 is 15.2 Å². The number of aryl methyl sites for hydroxylation is 2. The number of nitrogen functional groups attached to an aromatic ring is 1. The summed E-state index contributed by atoms with van der Waals surface area (Å²) in [5.41, 5.74) is 14.0. The van der Waals surface area contributed by atoms with E-state index in [-0.39, 0.29) is 23.5 Å². The maximum atomic E-state index is 14.5. The molecule has 3 atom stereocenters. The highest BCUT2D eigenvalue weighted by Crippen LogP contribution is 2.52. The van der Waals surface area contributed by atoms with Crippen molar-refractivity contribution in [3.63, 3.8) is 0 Å². The van der Waals surface area contributed by atoms with Gasteiger partial charge in [-0.15, -0.1) is 0 Å². The number of fused-ring (bicyclic) bond motifs is 7. The predicted molar refractivity (Wildman–Crippen MR) is 139 cm³/mol. The minimum atomic E-state index is -0.483. The fourth-order valence-electron chi connectivity index (χ4n) is 5.97. The van der Waals surface area contributed by atoms with Crippen molar-refractivity contribution in [1.82, 2.24) is 24.5 Å². The van der Waals surface area contributed by atoms with Gasteiger partial charge in [-0.25, -0.2) is 9.37 Å². The van der Waals surface area contributed by atoms with E-state index in [0.29, 0.717) is 24.5 Å². The van der Waals surface area contributed by atoms with Crippen LogP contribution in [0.2, 0.25) is 0 Å². The molecule has 4 heterocycles. The Morgan fingerprint density at radius 1 is 1.22 bits per heavy atom. The standard InChI is InChI=1S/C28H31FN6O2/c1-5-35-27-17-11-23(28(30)31-13-17)37-15(2)20-12-18(29)6-7-19(20)26-22(14-34(3)32-26)21-10-16(8-9-36-4)25(33-35)24(21)27/h6-7,11-16,21H,5,8-10H2,1-4H3,(H2,30,31)/t15-,16?,21-/m1/s1. The third-order valence-corrected chi connectivity index (χ3v) is 7.64. The zero-order valence-corrected chi connectivity index (χ0v) is 21.5. The first-order valence-electron chi connectivity index (χ1n) is 12.7. The summed E-state index contributed by atoms with van der Waals surface area (Å²) in [4.78, 5) is 4.48. The SMILES string of the molecule is CCn1nc2c3c1-c1cnc(N)c(c1)O[C@H](C)c1cc(F)ccc1-c1nn(C)cc1[C@H]3CC2CCOC. The van der Waals surface area contributed by atoms with Gasteiger partial charge in [0.05, 0.1) is 17.1 Å². The highest BCUT2D eigenvalue weighted by molar-refractivity contribution is 5.75. The van der Waals surface area contributed by atoms with Crippen molar-refractivity contribution in [2.45, 2.75) is 51.2 Å². The van der Waals surface area contributed by atoms with Gasteiger partial charge >= 0.3 is 0 Å². The van der Waals surface area contributed by atoms with Gasteiger partial charge in [-0.1, -0.05) is 0 Å². The number of nitrogens with zero attached hydrogens (tertiary/aromatic N) is 5. The Bertz CT molecular complexity index is 1490. The Balaban J connectivity index is 1.68. The summed E-state index contributed by atoms with van der Waals surface area (Å²) in [7, 11) is 3.66. The van der Waals surface area contributed by atoms with Crippen LogP contribution in [0.5, 0.6) is 5.75 Å². The lowest BCUT2D eigenvalue weighted by molar-refractivity contribution is 0.186. The summed E-state index contributed by atoms with van der Waals surface area (Å²) < 4.78 is 30.2. The molecule has 3 aromatic heterocycles. The van der Waals surface area contributed by atoms with Crippen molar-refractivity contribution >= 4 is 5.82 Å². The summed E-state index contributed by atoms with van der Waals surface area (Å²) in [5, 5.41) is 10.00. The van der Waals surface area contributed by atoms with Crippen LogP contribution in [0.15, 0.2) is 36.7 Å². The lowest BCUT2D eigenvalue weighted by atomic mass is 9.87. The van der Waals surface area contributed by atoms with Crippen LogP contribution >= 0.6 is 0 Å². The molecule has 1 unspecified atom stereocenters. The third-order valence-electron chi connectivity index (χ3n) is 7.64. The fourth-order valence-corrected chi connectivity index (χ4v) is 5.97. The minimum Gasteiger partial charge on any atom is -0.482 e. The van der Waals surface area contributed by atoms with Crippen molar-refractivity contribution in [3.05, 3.63) is 64.9 Å². The van der Waals surface area contributed by atoms with Crippen molar-refractivity contribution in [2.24, 2.45) is 7.05 Å². The molecule has 192 valence electrons. The quantitative estimate of drug-likeness (QED) is 0.413. The average Bonchev–Trinajstić information content (AvgIpc) is 3.55. The van der Waals surface area contributed by atoms with Gasteiger partial charge in [0.15, 0.2) is 11.6 Å². The zero-order valence-electron chi connectivity index (χ0n) is 21.5. The number of hydrogen-bond acceptors (Lipinski definition) is 6. The van der Waals surface area contributed by atoms with Gasteiger partial charge in [0.2, 0.25) is 0 Å². The lowest BCUT2D eigenvalue weighted by Gasteiger charge is -2.22. The molecule has 8 nitrogen and oxygen atoms in total. The summed E-state index contributed by atoms with van der Waals surface area (Å²) >= 11 is 0. The van der Waals surface area contributed by atoms with E-state index in [1.54, 1.807) is 19.4 Å². The Labute approximate surface area is 215 Å². The van der Waals surface area contributed by atoms with Gasteiger partial charge in [-0.3, -0.25) is 9.36 Å². The largest absolute Gasteiger partial charge is 0.482 e. The number of benzene rings is 1. The summed E-state index contributed by atoms with van der Waals surface area (Å²) in [6.07, 6.45) is 5.17. The first-order valence-corrected chi connectivity index (χ1v) is 12.7. The van der Waals surface area contributed by atoms with Crippen LogP contribution in [0.3, 0.4) is 0 Å². The van der Waals surface area contributed by atoms with Crippen LogP contribution in [-0.2, 0) is 18.3 Å². The van der Waals surface area contributed by atoms with Crippen LogP contribution in [-0.4, -0.2) is 38.3 Å². The van der Waals surface area contributed by atoms with E-state index in [0.717, 1.165) is 46.6 Å². The summed E-state index contributed by atoms with van der Waals surface area (Å²) in [5.74, 6) is 0.732. The number of ether oxygens (including phenoxy) is 2. The van der Waals surface area contributed by atoms with E-state index in [9.17, 15) is 4.39 Å². The van der Waals surface area contributed by atoms with Crippen LogP contribution in [0.1, 0.15) is 67.0 Å². The Morgan fingerprint density at radius 2 is 2.05 bits per heavy atom. The Kier molecular flexibility index (Phi) is 5.75. The summed E-state index contributed by atoms with van der Waals surface area (Å²) in [6, 6.07) is 6.75. The van der Waals surface area contributed by atoms with E-state index in [2.05, 4.69) is 22.8 Å². The first kappa shape index (κ1) is 23.7. The molecule has 1 aliphatic heterocycles. The number of pyridine rings is 1. The molecular formula is C28H31FN6O2. The van der Waals surface area contributed by atoms with Gasteiger partial charge in [0.25, 0.3) is 0 Å². The molecule has 0 amide bonds. The molecule has 2 bridgehead atoms. The van der Waals surface area contributed by atoms with Crippen molar-refractivity contribution in [3.8, 4) is 28.3 Å². The maximum absolute atomic E-state index is 14.5. The number of aromatic nitrogens is 5. The summed E-state index contributed by atoms with van der Waals surface area (Å²) in [6.45, 7) is 5.37. The fraction of sp³-hybridized carbons (Fsp3) is 0.393. The maximum Gasteiger partial charge on any atom is 0.166 e. The van der Waals surface area contributed by atoms with Crippen molar-refractivity contribution in [1.29, 1.82) is 0 Å². The zero-order chi connectivity index (χ0) is 25.8. The number of nitrogens with two attached hydrogens (primary N) is 1. The number of halogens is 1. The van der Waals surface area contributed by atoms with E-state index >= 15 is 0 Å². The average molecular weight is 503 g/mol. The van der Waals surface area contributed by atoms with Gasteiger partial charge in [-0.05, 0) is 51.0 Å². The van der Waals surface area contributed by atoms with E-state index in [4.69, 9.17) is 25.4 Å². The van der Waals surface area contributed by atoms with Crippen molar-refractivity contribution < 1.29 is 13.9 Å². The Morgan fingerprint density at radius 3 is 2.84 bits per heavy atom. The van der Waals surface area contributed by atoms with Gasteiger partial charge in [-0.2, -0.15) is 10.2 Å². The molecule has 0 saturated heterocycles. The van der Waals surface area contributed by atoms with Crippen LogP contribution in [0.4, 0.5) is 10.2 Å². The molecule has 0 fully saturated rings. The topological polar surface area (TPSA) is 93.0 Å². The smallest absolute Gasteiger partial charge is 0.166 e. The molecule has 0 spiro atoms. The van der Waals surface area contributed by atoms with Crippen molar-refractivity contribution in [2.75, 3.05) is 19.5 Å². The molecule has 0 radical (unpaired) electrons. The van der Waals surface area contributed by atoms with E-state index in [1.807, 2.05) is 24.7 Å². The molecule has 37 heavy (non-hydrogen) atoms. The van der Waals surface area contributed by atoms with Crippen LogP contribution in [0.25, 0.3) is 22.5 Å². The first-order chi connectivity index (χ1) is 17.9. The molecule has 9 heteroatoms. The Hall–Kier alpha value is -3.72. The van der Waals surface area contributed by atoms with Gasteiger partial charge in [0.1, 0.15) is 11.9 Å². The normalized spacial score (nSPS) is 19.9. The minimum absolute atomic E-state index is 0.0606. The molecule has 2 aliphatic rings. The lowest BCUT2D eigenvalue weighted by Crippen LogP contribution is -2.11. The number of rotatable bonds is 4. The molecule has 1 aromatic carbocycles. The second kappa shape index (κ2) is 8.99. The highest BCUT2D eigenvalue weighted by Gasteiger charge is 2.41. The van der Waals surface area contributed by atoms with E-state index in [1.165, 1.54) is 17.7 Å². The molecule has 0 saturated carbocycles. The second-order valence-electron chi connectivity index (χ2n) is 9.94. The third kappa shape index (κ3) is 3.80. The molecule has 2 N–H and O–H groups in total. The van der Waals surface area contributed by atoms with Crippen LogP contribution < -0.4 is 10.5 Å². The molecular weight excluding hydrogens is 471 g/mol.